The molecule has 0 saturated heterocycles. The SMILES string of the molecule is Cc1ccccc1OCC(=O)N(Cc1ccccc1)C(Cc1ccccc1)C(=O)NC1CCCC1. The second kappa shape index (κ2) is 12.2. The van der Waals surface area contributed by atoms with E-state index in [1.54, 1.807) is 4.90 Å². The number of carbonyl (C=O) groups is 2. The highest BCUT2D eigenvalue weighted by Gasteiger charge is 2.32. The van der Waals surface area contributed by atoms with Crippen molar-refractivity contribution in [1.82, 2.24) is 10.2 Å². The Kier molecular flexibility index (Phi) is 8.55. The summed E-state index contributed by atoms with van der Waals surface area (Å²) in [5.41, 5.74) is 2.96. The maximum Gasteiger partial charge on any atom is 0.261 e. The molecule has 5 heteroatoms. The van der Waals surface area contributed by atoms with Gasteiger partial charge in [-0.3, -0.25) is 9.59 Å². The molecule has 1 fully saturated rings. The predicted molar refractivity (Wildman–Crippen MR) is 138 cm³/mol. The fraction of sp³-hybridized carbons (Fsp3) is 0.333. The number of rotatable bonds is 10. The van der Waals surface area contributed by atoms with Crippen molar-refractivity contribution < 1.29 is 14.3 Å². The average Bonchev–Trinajstić information content (AvgIpc) is 3.39. The molecule has 0 heterocycles. The molecule has 1 saturated carbocycles. The summed E-state index contributed by atoms with van der Waals surface area (Å²) in [4.78, 5) is 28.9. The zero-order chi connectivity index (χ0) is 24.5. The van der Waals surface area contributed by atoms with E-state index in [9.17, 15) is 9.59 Å². The lowest BCUT2D eigenvalue weighted by Crippen LogP contribution is -2.53. The first-order chi connectivity index (χ1) is 17.1. The van der Waals surface area contributed by atoms with Crippen molar-refractivity contribution in [2.75, 3.05) is 6.61 Å². The zero-order valence-electron chi connectivity index (χ0n) is 20.4. The predicted octanol–water partition coefficient (Wildman–Crippen LogP) is 5.07. The van der Waals surface area contributed by atoms with E-state index in [0.29, 0.717) is 18.7 Å². The van der Waals surface area contributed by atoms with Crippen molar-refractivity contribution in [2.24, 2.45) is 0 Å². The van der Waals surface area contributed by atoms with Crippen molar-refractivity contribution in [3.05, 3.63) is 102 Å². The average molecular weight is 471 g/mol. The second-order valence-electron chi connectivity index (χ2n) is 9.26. The molecule has 1 aliphatic rings. The molecule has 3 aromatic carbocycles. The topological polar surface area (TPSA) is 58.6 Å². The van der Waals surface area contributed by atoms with Crippen LogP contribution in [-0.4, -0.2) is 35.4 Å². The number of benzene rings is 3. The molecule has 1 unspecified atom stereocenters. The van der Waals surface area contributed by atoms with Crippen LogP contribution in [0.5, 0.6) is 5.75 Å². The van der Waals surface area contributed by atoms with Crippen LogP contribution in [0, 0.1) is 6.92 Å². The van der Waals surface area contributed by atoms with Crippen LogP contribution < -0.4 is 10.1 Å². The summed E-state index contributed by atoms with van der Waals surface area (Å²) in [6.07, 6.45) is 4.69. The van der Waals surface area contributed by atoms with Crippen LogP contribution in [0.25, 0.3) is 0 Å². The number of nitrogens with one attached hydrogen (secondary N) is 1. The molecule has 1 aliphatic carbocycles. The highest BCUT2D eigenvalue weighted by molar-refractivity contribution is 5.88. The summed E-state index contributed by atoms with van der Waals surface area (Å²) >= 11 is 0. The maximum absolute atomic E-state index is 13.6. The Balaban J connectivity index is 1.60. The van der Waals surface area contributed by atoms with Crippen LogP contribution >= 0.6 is 0 Å². The van der Waals surface area contributed by atoms with E-state index in [2.05, 4.69) is 5.32 Å². The largest absolute Gasteiger partial charge is 0.484 e. The van der Waals surface area contributed by atoms with Crippen LogP contribution in [0.3, 0.4) is 0 Å². The summed E-state index contributed by atoms with van der Waals surface area (Å²) in [5.74, 6) is 0.371. The lowest BCUT2D eigenvalue weighted by Gasteiger charge is -2.32. The van der Waals surface area contributed by atoms with E-state index < -0.39 is 6.04 Å². The lowest BCUT2D eigenvalue weighted by atomic mass is 10.0. The Morgan fingerprint density at radius 1 is 0.886 bits per heavy atom. The number of hydrogen-bond acceptors (Lipinski definition) is 3. The number of nitrogens with zero attached hydrogens (tertiary/aromatic N) is 1. The molecule has 182 valence electrons. The minimum absolute atomic E-state index is 0.0964. The van der Waals surface area contributed by atoms with Crippen molar-refractivity contribution in [1.29, 1.82) is 0 Å². The van der Waals surface area contributed by atoms with Crippen molar-refractivity contribution in [3.8, 4) is 5.75 Å². The maximum atomic E-state index is 13.6. The zero-order valence-corrected chi connectivity index (χ0v) is 20.4. The fourth-order valence-corrected chi connectivity index (χ4v) is 4.64. The smallest absolute Gasteiger partial charge is 0.261 e. The van der Waals surface area contributed by atoms with Gasteiger partial charge in [-0.05, 0) is 42.5 Å². The van der Waals surface area contributed by atoms with E-state index in [1.165, 1.54) is 0 Å². The van der Waals surface area contributed by atoms with Crippen molar-refractivity contribution >= 4 is 11.8 Å². The molecular formula is C30H34N2O3. The third-order valence-corrected chi connectivity index (χ3v) is 6.61. The molecule has 1 N–H and O–H groups in total. The van der Waals surface area contributed by atoms with E-state index >= 15 is 0 Å². The fourth-order valence-electron chi connectivity index (χ4n) is 4.64. The molecule has 0 spiro atoms. The molecule has 4 rings (SSSR count). The number of aryl methyl sites for hydroxylation is 1. The molecule has 35 heavy (non-hydrogen) atoms. The van der Waals surface area contributed by atoms with Gasteiger partial charge in [0.1, 0.15) is 11.8 Å². The number of ether oxygens (including phenoxy) is 1. The molecule has 0 aliphatic heterocycles. The number of carbonyl (C=O) groups excluding carboxylic acids is 2. The van der Waals surface area contributed by atoms with Gasteiger partial charge in [-0.25, -0.2) is 0 Å². The van der Waals surface area contributed by atoms with Gasteiger partial charge < -0.3 is 15.0 Å². The minimum atomic E-state index is -0.633. The lowest BCUT2D eigenvalue weighted by molar-refractivity contribution is -0.143. The van der Waals surface area contributed by atoms with Crippen LogP contribution in [0.1, 0.15) is 42.4 Å². The van der Waals surface area contributed by atoms with Gasteiger partial charge in [0, 0.05) is 19.0 Å². The standard InChI is InChI=1S/C30H34N2O3/c1-23-12-8-11-19-28(23)35-22-29(33)32(21-25-15-6-3-7-16-25)27(20-24-13-4-2-5-14-24)30(34)31-26-17-9-10-18-26/h2-8,11-16,19,26-27H,9-10,17-18,20-22H2,1H3,(H,31,34). The Hall–Kier alpha value is -3.60. The highest BCUT2D eigenvalue weighted by Crippen LogP contribution is 2.21. The molecule has 0 radical (unpaired) electrons. The van der Waals surface area contributed by atoms with Gasteiger partial charge in [-0.1, -0.05) is 91.7 Å². The summed E-state index contributed by atoms with van der Waals surface area (Å²) in [7, 11) is 0. The van der Waals surface area contributed by atoms with Crippen molar-refractivity contribution in [3.63, 3.8) is 0 Å². The van der Waals surface area contributed by atoms with Crippen LogP contribution in [0.2, 0.25) is 0 Å². The Morgan fingerprint density at radius 3 is 2.14 bits per heavy atom. The molecular weight excluding hydrogens is 436 g/mol. The Bertz CT molecular complexity index is 1090. The number of hydrogen-bond donors (Lipinski definition) is 1. The van der Waals surface area contributed by atoms with Crippen molar-refractivity contribution in [2.45, 2.75) is 57.7 Å². The number of para-hydroxylation sites is 1. The van der Waals surface area contributed by atoms with Crippen LogP contribution in [0.15, 0.2) is 84.9 Å². The second-order valence-corrected chi connectivity index (χ2v) is 9.26. The van der Waals surface area contributed by atoms with Gasteiger partial charge in [0.15, 0.2) is 6.61 Å². The molecule has 0 bridgehead atoms. The van der Waals surface area contributed by atoms with Gasteiger partial charge in [0.05, 0.1) is 0 Å². The molecule has 3 aromatic rings. The first kappa shape index (κ1) is 24.5. The Labute approximate surface area is 208 Å². The van der Waals surface area contributed by atoms with Crippen LogP contribution in [0.4, 0.5) is 0 Å². The van der Waals surface area contributed by atoms with E-state index in [-0.39, 0.29) is 24.5 Å². The van der Waals surface area contributed by atoms with Gasteiger partial charge >= 0.3 is 0 Å². The van der Waals surface area contributed by atoms with E-state index in [0.717, 1.165) is 42.4 Å². The number of amides is 2. The summed E-state index contributed by atoms with van der Waals surface area (Å²) < 4.78 is 5.91. The first-order valence-electron chi connectivity index (χ1n) is 12.5. The highest BCUT2D eigenvalue weighted by atomic mass is 16.5. The van der Waals surface area contributed by atoms with E-state index in [1.807, 2.05) is 91.9 Å². The quantitative estimate of drug-likeness (QED) is 0.450. The summed E-state index contributed by atoms with van der Waals surface area (Å²) in [5, 5.41) is 3.23. The van der Waals surface area contributed by atoms with Gasteiger partial charge in [0.25, 0.3) is 5.91 Å². The monoisotopic (exact) mass is 470 g/mol. The summed E-state index contributed by atoms with van der Waals surface area (Å²) in [6.45, 7) is 2.17. The van der Waals surface area contributed by atoms with Crippen LogP contribution in [-0.2, 0) is 22.6 Å². The van der Waals surface area contributed by atoms with Gasteiger partial charge in [-0.2, -0.15) is 0 Å². The summed E-state index contributed by atoms with van der Waals surface area (Å²) in [6, 6.07) is 26.9. The third kappa shape index (κ3) is 6.95. The first-order valence-corrected chi connectivity index (χ1v) is 12.5. The van der Waals surface area contributed by atoms with Gasteiger partial charge in [0.2, 0.25) is 5.91 Å². The van der Waals surface area contributed by atoms with Gasteiger partial charge in [-0.15, -0.1) is 0 Å². The normalized spacial score (nSPS) is 14.3. The molecule has 0 aromatic heterocycles. The Morgan fingerprint density at radius 2 is 1.49 bits per heavy atom. The molecule has 2 amide bonds. The van der Waals surface area contributed by atoms with E-state index in [4.69, 9.17) is 4.74 Å². The molecule has 5 nitrogen and oxygen atoms in total. The third-order valence-electron chi connectivity index (χ3n) is 6.61. The minimum Gasteiger partial charge on any atom is -0.484 e. The molecule has 1 atom stereocenters.